The Morgan fingerprint density at radius 1 is 1.27 bits per heavy atom. The highest BCUT2D eigenvalue weighted by atomic mass is 32.1. The molecule has 0 spiro atoms. The van der Waals surface area contributed by atoms with Gasteiger partial charge < -0.3 is 25.4 Å². The van der Waals surface area contributed by atoms with Crippen LogP contribution in [-0.4, -0.2) is 81.1 Å². The normalized spacial score (nSPS) is 22.8. The zero-order valence-electron chi connectivity index (χ0n) is 22.9. The standard InChI is InChI=1S/C27H32N8O5S/c1-14-7-19(34-10-16(11-34)25(37)29-9-17-5-3-4-6-40-17)31-24-20(14)22(36)18(26(38)39)12-35(24)27-32-23(33-41-27)21-15(2)8-28-13-30-21/h7,12-13,15-17,21H,3-6,8-11H2,1-2H3,(H,28,30)(H,29,37)(H,38,39). The van der Waals surface area contributed by atoms with Crippen LogP contribution in [0.3, 0.4) is 0 Å². The summed E-state index contributed by atoms with van der Waals surface area (Å²) in [6.07, 6.45) is 6.14. The Labute approximate surface area is 239 Å². The Hall–Kier alpha value is -3.91. The second-order valence-corrected chi connectivity index (χ2v) is 11.7. The van der Waals surface area contributed by atoms with E-state index in [2.05, 4.69) is 20.0 Å². The monoisotopic (exact) mass is 580 g/mol. The smallest absolute Gasteiger partial charge is 0.341 e. The predicted molar refractivity (Wildman–Crippen MR) is 153 cm³/mol. The number of carboxylic acids is 1. The minimum absolute atomic E-state index is 0.00655. The van der Waals surface area contributed by atoms with E-state index in [1.54, 1.807) is 19.3 Å². The first kappa shape index (κ1) is 27.3. The molecule has 3 aromatic heterocycles. The van der Waals surface area contributed by atoms with E-state index in [-0.39, 0.29) is 40.8 Å². The first-order valence-electron chi connectivity index (χ1n) is 13.8. The SMILES string of the molecule is Cc1cc(N2CC(C(=O)NCC3CCCCO3)C2)nc2c1c(=O)c(C(=O)O)cn2-c1nc(C2NC=NCC2C)ns1. The fraction of sp³-hybridized carbons (Fsp3) is 0.519. The number of carboxylic acid groups (broad SMARTS) is 1. The van der Waals surface area contributed by atoms with Crippen molar-refractivity contribution in [2.75, 3.05) is 37.7 Å². The van der Waals surface area contributed by atoms with Crippen LogP contribution in [0, 0.1) is 18.8 Å². The van der Waals surface area contributed by atoms with Crippen LogP contribution < -0.4 is 21.0 Å². The van der Waals surface area contributed by atoms with Gasteiger partial charge in [-0.1, -0.05) is 6.92 Å². The molecule has 14 heteroatoms. The number of fused-ring (bicyclic) bond motifs is 1. The number of anilines is 1. The molecule has 3 N–H and O–H groups in total. The maximum atomic E-state index is 13.2. The van der Waals surface area contributed by atoms with E-state index < -0.39 is 11.4 Å². The maximum Gasteiger partial charge on any atom is 0.341 e. The molecule has 3 aliphatic heterocycles. The van der Waals surface area contributed by atoms with E-state index in [4.69, 9.17) is 14.7 Å². The number of hydrogen-bond donors (Lipinski definition) is 3. The van der Waals surface area contributed by atoms with Crippen LogP contribution in [0.15, 0.2) is 22.1 Å². The Morgan fingerprint density at radius 2 is 2.10 bits per heavy atom. The molecule has 2 fully saturated rings. The van der Waals surface area contributed by atoms with Gasteiger partial charge in [0.05, 0.1) is 29.8 Å². The summed E-state index contributed by atoms with van der Waals surface area (Å²) in [6.45, 7) is 6.69. The molecule has 6 heterocycles. The van der Waals surface area contributed by atoms with Crippen molar-refractivity contribution in [3.05, 3.63) is 39.4 Å². The number of amides is 1. The molecule has 6 rings (SSSR count). The zero-order chi connectivity index (χ0) is 28.7. The van der Waals surface area contributed by atoms with Crippen molar-refractivity contribution in [3.8, 4) is 5.13 Å². The molecule has 2 saturated heterocycles. The van der Waals surface area contributed by atoms with Crippen LogP contribution >= 0.6 is 11.5 Å². The second-order valence-electron chi connectivity index (χ2n) is 10.9. The van der Waals surface area contributed by atoms with Gasteiger partial charge in [-0.3, -0.25) is 19.1 Å². The quantitative estimate of drug-likeness (QED) is 0.375. The molecule has 13 nitrogen and oxygen atoms in total. The molecule has 216 valence electrons. The zero-order valence-corrected chi connectivity index (χ0v) is 23.7. The number of ether oxygens (including phenoxy) is 1. The van der Waals surface area contributed by atoms with Crippen LogP contribution in [0.1, 0.15) is 54.0 Å². The first-order valence-corrected chi connectivity index (χ1v) is 14.6. The van der Waals surface area contributed by atoms with E-state index in [1.807, 2.05) is 11.8 Å². The molecule has 3 atom stereocenters. The average Bonchev–Trinajstić information content (AvgIpc) is 3.41. The summed E-state index contributed by atoms with van der Waals surface area (Å²) in [7, 11) is 0. The van der Waals surface area contributed by atoms with Gasteiger partial charge in [0, 0.05) is 56.4 Å². The number of carbonyl (C=O) groups is 2. The van der Waals surface area contributed by atoms with Crippen molar-refractivity contribution in [1.82, 2.24) is 29.5 Å². The first-order chi connectivity index (χ1) is 19.8. The van der Waals surface area contributed by atoms with Crippen LogP contribution in [-0.2, 0) is 9.53 Å². The third-order valence-electron chi connectivity index (χ3n) is 7.95. The number of pyridine rings is 2. The number of aromatic nitrogens is 4. The summed E-state index contributed by atoms with van der Waals surface area (Å²) in [5.74, 6) is -0.167. The predicted octanol–water partition coefficient (Wildman–Crippen LogP) is 1.67. The lowest BCUT2D eigenvalue weighted by molar-refractivity contribution is -0.126. The summed E-state index contributed by atoms with van der Waals surface area (Å²) in [5, 5.41) is 16.6. The fourth-order valence-electron chi connectivity index (χ4n) is 5.50. The molecule has 0 bridgehead atoms. The van der Waals surface area contributed by atoms with Gasteiger partial charge in [-0.05, 0) is 37.8 Å². The molecule has 3 aromatic rings. The van der Waals surface area contributed by atoms with Crippen molar-refractivity contribution in [3.63, 3.8) is 0 Å². The van der Waals surface area contributed by atoms with E-state index in [9.17, 15) is 19.5 Å². The Bertz CT molecular complexity index is 1570. The van der Waals surface area contributed by atoms with Gasteiger partial charge in [-0.25, -0.2) is 14.8 Å². The van der Waals surface area contributed by atoms with Gasteiger partial charge in [-0.2, -0.15) is 4.37 Å². The summed E-state index contributed by atoms with van der Waals surface area (Å²) in [4.78, 5) is 53.6. The number of aryl methyl sites for hydroxylation is 1. The maximum absolute atomic E-state index is 13.2. The second kappa shape index (κ2) is 11.2. The number of rotatable bonds is 7. The summed E-state index contributed by atoms with van der Waals surface area (Å²) < 4.78 is 11.8. The van der Waals surface area contributed by atoms with Crippen LogP contribution in [0.4, 0.5) is 5.82 Å². The minimum atomic E-state index is -1.33. The number of aromatic carboxylic acids is 1. The van der Waals surface area contributed by atoms with Crippen molar-refractivity contribution in [2.24, 2.45) is 16.8 Å². The lowest BCUT2D eigenvalue weighted by Gasteiger charge is -2.39. The highest BCUT2D eigenvalue weighted by molar-refractivity contribution is 7.08. The Morgan fingerprint density at radius 3 is 2.83 bits per heavy atom. The largest absolute Gasteiger partial charge is 0.477 e. The molecule has 3 aliphatic rings. The highest BCUT2D eigenvalue weighted by Crippen LogP contribution is 2.30. The molecule has 1 amide bonds. The molecule has 0 saturated carbocycles. The molecular weight excluding hydrogens is 548 g/mol. The Kier molecular flexibility index (Phi) is 7.43. The molecular formula is C27H32N8O5S. The lowest BCUT2D eigenvalue weighted by Crippen LogP contribution is -2.55. The van der Waals surface area contributed by atoms with Gasteiger partial charge in [0.25, 0.3) is 0 Å². The summed E-state index contributed by atoms with van der Waals surface area (Å²) in [6, 6.07) is 1.63. The number of aliphatic imine (C=N–C) groups is 1. The number of carbonyl (C=O) groups excluding carboxylic acids is 1. The Balaban J connectivity index is 1.28. The summed E-state index contributed by atoms with van der Waals surface area (Å²) in [5.41, 5.74) is -0.0792. The van der Waals surface area contributed by atoms with Gasteiger partial charge in [0.2, 0.25) is 16.5 Å². The topological polar surface area (TPSA) is 164 Å². The molecule has 0 aromatic carbocycles. The highest BCUT2D eigenvalue weighted by Gasteiger charge is 2.35. The third kappa shape index (κ3) is 5.28. The van der Waals surface area contributed by atoms with Crippen LogP contribution in [0.5, 0.6) is 0 Å². The average molecular weight is 581 g/mol. The van der Waals surface area contributed by atoms with Crippen molar-refractivity contribution in [1.29, 1.82) is 0 Å². The molecule has 3 unspecified atom stereocenters. The van der Waals surface area contributed by atoms with Crippen molar-refractivity contribution >= 4 is 46.6 Å². The van der Waals surface area contributed by atoms with Crippen molar-refractivity contribution in [2.45, 2.75) is 45.3 Å². The van der Waals surface area contributed by atoms with Gasteiger partial charge >= 0.3 is 5.97 Å². The van der Waals surface area contributed by atoms with Gasteiger partial charge in [0.1, 0.15) is 11.4 Å². The van der Waals surface area contributed by atoms with Crippen LogP contribution in [0.2, 0.25) is 0 Å². The molecule has 41 heavy (non-hydrogen) atoms. The fourth-order valence-corrected chi connectivity index (χ4v) is 6.19. The van der Waals surface area contributed by atoms with Crippen LogP contribution in [0.25, 0.3) is 16.2 Å². The van der Waals surface area contributed by atoms with E-state index in [0.717, 1.165) is 37.4 Å². The number of hydrogen-bond acceptors (Lipinski definition) is 11. The number of nitrogens with zero attached hydrogens (tertiary/aromatic N) is 6. The summed E-state index contributed by atoms with van der Waals surface area (Å²) >= 11 is 1.11. The third-order valence-corrected chi connectivity index (χ3v) is 8.68. The van der Waals surface area contributed by atoms with E-state index in [1.165, 1.54) is 10.8 Å². The number of nitrogens with one attached hydrogen (secondary N) is 2. The minimum Gasteiger partial charge on any atom is -0.477 e. The van der Waals surface area contributed by atoms with E-state index >= 15 is 0 Å². The van der Waals surface area contributed by atoms with Gasteiger partial charge in [-0.15, -0.1) is 0 Å². The van der Waals surface area contributed by atoms with Gasteiger partial charge in [0.15, 0.2) is 11.5 Å². The lowest BCUT2D eigenvalue weighted by atomic mass is 9.98. The van der Waals surface area contributed by atoms with Crippen molar-refractivity contribution < 1.29 is 19.4 Å². The van der Waals surface area contributed by atoms with E-state index in [0.29, 0.717) is 54.2 Å². The molecule has 0 aliphatic carbocycles. The molecule has 0 radical (unpaired) electrons.